The first-order valence-corrected chi connectivity index (χ1v) is 6.51. The van der Waals surface area contributed by atoms with Gasteiger partial charge >= 0.3 is 0 Å². The summed E-state index contributed by atoms with van der Waals surface area (Å²) in [6.07, 6.45) is 0.235. The van der Waals surface area contributed by atoms with Crippen LogP contribution in [0, 0.1) is 5.82 Å². The third kappa shape index (κ3) is 3.71. The molecule has 0 amide bonds. The van der Waals surface area contributed by atoms with E-state index in [9.17, 15) is 4.39 Å². The molecule has 104 valence electrons. The Hall–Kier alpha value is -2.07. The number of rotatable bonds is 6. The van der Waals surface area contributed by atoms with Crippen LogP contribution in [0.4, 0.5) is 4.39 Å². The van der Waals surface area contributed by atoms with Crippen molar-refractivity contribution in [1.29, 1.82) is 0 Å². The van der Waals surface area contributed by atoms with Crippen molar-refractivity contribution in [2.45, 2.75) is 12.7 Å². The van der Waals surface area contributed by atoms with Gasteiger partial charge in [-0.05, 0) is 29.8 Å². The molecule has 1 saturated heterocycles. The molecule has 20 heavy (non-hydrogen) atoms. The number of hydrogen-bond acceptors (Lipinski definition) is 3. The van der Waals surface area contributed by atoms with Crippen molar-refractivity contribution in [3.05, 3.63) is 59.9 Å². The van der Waals surface area contributed by atoms with Crippen molar-refractivity contribution >= 4 is 0 Å². The summed E-state index contributed by atoms with van der Waals surface area (Å²) in [5, 5.41) is 0. The molecule has 1 aliphatic heterocycles. The van der Waals surface area contributed by atoms with Gasteiger partial charge in [0.1, 0.15) is 36.6 Å². The Bertz CT molecular complexity index is 564. The molecule has 0 saturated carbocycles. The predicted molar refractivity (Wildman–Crippen MR) is 72.4 cm³/mol. The van der Waals surface area contributed by atoms with Crippen LogP contribution in [0.3, 0.4) is 0 Å². The van der Waals surface area contributed by atoms with E-state index in [1.54, 1.807) is 12.1 Å². The summed E-state index contributed by atoms with van der Waals surface area (Å²) in [4.78, 5) is 0. The Morgan fingerprint density at radius 1 is 1.05 bits per heavy atom. The average molecular weight is 274 g/mol. The van der Waals surface area contributed by atoms with E-state index in [4.69, 9.17) is 14.2 Å². The number of hydrogen-bond donors (Lipinski definition) is 0. The molecular weight excluding hydrogens is 259 g/mol. The van der Waals surface area contributed by atoms with E-state index in [-0.39, 0.29) is 11.9 Å². The molecule has 2 aromatic rings. The van der Waals surface area contributed by atoms with Crippen LogP contribution in [0.25, 0.3) is 0 Å². The summed E-state index contributed by atoms with van der Waals surface area (Å²) >= 11 is 0. The van der Waals surface area contributed by atoms with Gasteiger partial charge in [-0.1, -0.05) is 18.2 Å². The van der Waals surface area contributed by atoms with Gasteiger partial charge in [-0.15, -0.1) is 0 Å². The molecule has 1 atom stereocenters. The van der Waals surface area contributed by atoms with E-state index in [0.29, 0.717) is 13.2 Å². The third-order valence-corrected chi connectivity index (χ3v) is 2.96. The van der Waals surface area contributed by atoms with Crippen molar-refractivity contribution in [1.82, 2.24) is 0 Å². The fraction of sp³-hybridized carbons (Fsp3) is 0.250. The van der Waals surface area contributed by atoms with Crippen molar-refractivity contribution in [2.75, 3.05) is 13.2 Å². The molecule has 0 radical (unpaired) electrons. The molecule has 3 nitrogen and oxygen atoms in total. The van der Waals surface area contributed by atoms with Crippen molar-refractivity contribution in [3.63, 3.8) is 0 Å². The maximum atomic E-state index is 12.8. The Kier molecular flexibility index (Phi) is 3.83. The first-order chi connectivity index (χ1) is 9.79. The molecule has 0 aromatic heterocycles. The molecule has 0 spiro atoms. The standard InChI is InChI=1S/C16H15FO3/c17-13-6-4-12(5-7-13)9-18-14-2-1-3-15(8-14)19-10-16-11-20-16/h1-8,16H,9-11H2. The second-order valence-corrected chi connectivity index (χ2v) is 4.66. The van der Waals surface area contributed by atoms with Crippen LogP contribution in [-0.4, -0.2) is 19.3 Å². The number of ether oxygens (including phenoxy) is 3. The van der Waals surface area contributed by atoms with Gasteiger partial charge < -0.3 is 14.2 Å². The molecule has 1 fully saturated rings. The second kappa shape index (κ2) is 5.92. The fourth-order valence-electron chi connectivity index (χ4n) is 1.75. The van der Waals surface area contributed by atoms with Gasteiger partial charge in [-0.3, -0.25) is 0 Å². The van der Waals surface area contributed by atoms with Crippen LogP contribution < -0.4 is 9.47 Å². The minimum absolute atomic E-state index is 0.235. The van der Waals surface area contributed by atoms with Gasteiger partial charge in [0, 0.05) is 6.07 Å². The molecular formula is C16H15FO3. The summed E-state index contributed by atoms with van der Waals surface area (Å²) in [6.45, 7) is 1.75. The van der Waals surface area contributed by atoms with Crippen molar-refractivity contribution < 1.29 is 18.6 Å². The van der Waals surface area contributed by atoms with Gasteiger partial charge in [-0.2, -0.15) is 0 Å². The zero-order valence-corrected chi connectivity index (χ0v) is 10.9. The first-order valence-electron chi connectivity index (χ1n) is 6.51. The highest BCUT2D eigenvalue weighted by Gasteiger charge is 2.23. The van der Waals surface area contributed by atoms with Crippen molar-refractivity contribution in [3.8, 4) is 11.5 Å². The molecule has 3 rings (SSSR count). The first kappa shape index (κ1) is 12.9. The van der Waals surface area contributed by atoms with Crippen LogP contribution in [-0.2, 0) is 11.3 Å². The number of benzene rings is 2. The van der Waals surface area contributed by atoms with E-state index in [1.165, 1.54) is 12.1 Å². The smallest absolute Gasteiger partial charge is 0.123 e. The Labute approximate surface area is 116 Å². The van der Waals surface area contributed by atoms with E-state index in [2.05, 4.69) is 0 Å². The second-order valence-electron chi connectivity index (χ2n) is 4.66. The molecule has 1 aliphatic rings. The van der Waals surface area contributed by atoms with E-state index in [0.717, 1.165) is 23.7 Å². The van der Waals surface area contributed by atoms with Crippen LogP contribution in [0.5, 0.6) is 11.5 Å². The molecule has 0 bridgehead atoms. The summed E-state index contributed by atoms with van der Waals surface area (Å²) in [5.74, 6) is 1.24. The minimum atomic E-state index is -0.244. The highest BCUT2D eigenvalue weighted by molar-refractivity contribution is 5.33. The third-order valence-electron chi connectivity index (χ3n) is 2.96. The molecule has 4 heteroatoms. The minimum Gasteiger partial charge on any atom is -0.491 e. The zero-order chi connectivity index (χ0) is 13.8. The van der Waals surface area contributed by atoms with E-state index < -0.39 is 0 Å². The van der Waals surface area contributed by atoms with Crippen molar-refractivity contribution in [2.24, 2.45) is 0 Å². The summed E-state index contributed by atoms with van der Waals surface area (Å²) in [7, 11) is 0. The fourth-order valence-corrected chi connectivity index (χ4v) is 1.75. The maximum Gasteiger partial charge on any atom is 0.123 e. The molecule has 2 aromatic carbocycles. The van der Waals surface area contributed by atoms with Gasteiger partial charge in [0.05, 0.1) is 6.61 Å². The Balaban J connectivity index is 1.56. The summed E-state index contributed by atoms with van der Waals surface area (Å²) in [6, 6.07) is 13.7. The normalized spacial score (nSPS) is 16.8. The maximum absolute atomic E-state index is 12.8. The summed E-state index contributed by atoms with van der Waals surface area (Å²) in [5.41, 5.74) is 0.920. The van der Waals surface area contributed by atoms with Gasteiger partial charge in [0.15, 0.2) is 0 Å². The quantitative estimate of drug-likeness (QED) is 0.758. The lowest BCUT2D eigenvalue weighted by atomic mass is 10.2. The average Bonchev–Trinajstić information content (AvgIpc) is 3.29. The molecule has 0 N–H and O–H groups in total. The van der Waals surface area contributed by atoms with Gasteiger partial charge in [0.2, 0.25) is 0 Å². The topological polar surface area (TPSA) is 31.0 Å². The van der Waals surface area contributed by atoms with Crippen LogP contribution in [0.15, 0.2) is 48.5 Å². The Morgan fingerprint density at radius 2 is 1.75 bits per heavy atom. The lowest BCUT2D eigenvalue weighted by molar-refractivity contribution is 0.259. The van der Waals surface area contributed by atoms with Crippen LogP contribution in [0.2, 0.25) is 0 Å². The monoisotopic (exact) mass is 274 g/mol. The lowest BCUT2D eigenvalue weighted by Crippen LogP contribution is -2.04. The largest absolute Gasteiger partial charge is 0.491 e. The molecule has 0 aliphatic carbocycles. The van der Waals surface area contributed by atoms with E-state index in [1.807, 2.05) is 24.3 Å². The summed E-state index contributed by atoms with van der Waals surface area (Å²) < 4.78 is 29.1. The zero-order valence-electron chi connectivity index (χ0n) is 10.9. The number of epoxide rings is 1. The number of halogens is 1. The van der Waals surface area contributed by atoms with Gasteiger partial charge in [0.25, 0.3) is 0 Å². The lowest BCUT2D eigenvalue weighted by Gasteiger charge is -2.09. The highest BCUT2D eigenvalue weighted by Crippen LogP contribution is 2.21. The van der Waals surface area contributed by atoms with E-state index >= 15 is 0 Å². The Morgan fingerprint density at radius 3 is 2.45 bits per heavy atom. The predicted octanol–water partition coefficient (Wildman–Crippen LogP) is 3.18. The highest BCUT2D eigenvalue weighted by atomic mass is 19.1. The van der Waals surface area contributed by atoms with Crippen LogP contribution >= 0.6 is 0 Å². The SMILES string of the molecule is Fc1ccc(COc2cccc(OCC3CO3)c2)cc1. The van der Waals surface area contributed by atoms with Crippen LogP contribution in [0.1, 0.15) is 5.56 Å². The van der Waals surface area contributed by atoms with Gasteiger partial charge in [-0.25, -0.2) is 4.39 Å². The molecule has 1 unspecified atom stereocenters. The molecule has 1 heterocycles.